The summed E-state index contributed by atoms with van der Waals surface area (Å²) in [6, 6.07) is 0. The second-order valence-corrected chi connectivity index (χ2v) is 1.81. The topological polar surface area (TPSA) is 52.6 Å². The fourth-order valence-electron chi connectivity index (χ4n) is 0.503. The Morgan fingerprint density at radius 3 is 2.09 bits per heavy atom. The summed E-state index contributed by atoms with van der Waals surface area (Å²) in [5.41, 5.74) is -0.0880. The molecule has 11 heavy (non-hydrogen) atoms. The predicted molar refractivity (Wildman–Crippen MR) is 37.8 cm³/mol. The van der Waals surface area contributed by atoms with Crippen LogP contribution in [0.4, 0.5) is 0 Å². The van der Waals surface area contributed by atoms with Crippen molar-refractivity contribution < 1.29 is 19.1 Å². The molecule has 0 saturated carbocycles. The summed E-state index contributed by atoms with van der Waals surface area (Å²) in [6.45, 7) is 1.27. The van der Waals surface area contributed by atoms with Gasteiger partial charge >= 0.3 is 5.97 Å². The van der Waals surface area contributed by atoms with Gasteiger partial charge in [-0.15, -0.1) is 0 Å². The largest absolute Gasteiger partial charge is 0.503 e. The molecule has 4 heteroatoms. The molecular weight excluding hydrogens is 148 g/mol. The molecule has 0 spiro atoms. The van der Waals surface area contributed by atoms with Gasteiger partial charge in [0.05, 0.1) is 14.2 Å². The standard InChI is InChI=1S/C7H10O4/c1-5(8)6(4-10-2)7(9)11-3/h4H,1-3H3. The lowest BCUT2D eigenvalue weighted by atomic mass is 10.2. The van der Waals surface area contributed by atoms with Gasteiger partial charge in [-0.2, -0.15) is 0 Å². The van der Waals surface area contributed by atoms with Gasteiger partial charge in [-0.1, -0.05) is 0 Å². The van der Waals surface area contributed by atoms with E-state index in [0.29, 0.717) is 0 Å². The molecule has 0 atom stereocenters. The molecule has 0 aromatic heterocycles. The maximum atomic E-state index is 10.8. The van der Waals surface area contributed by atoms with Gasteiger partial charge < -0.3 is 9.47 Å². The highest BCUT2D eigenvalue weighted by Gasteiger charge is 2.14. The molecule has 4 nitrogen and oxygen atoms in total. The van der Waals surface area contributed by atoms with Crippen LogP contribution in [0.1, 0.15) is 6.92 Å². The summed E-state index contributed by atoms with van der Waals surface area (Å²) in [5.74, 6) is -1.06. The second-order valence-electron chi connectivity index (χ2n) is 1.81. The number of methoxy groups -OCH3 is 2. The van der Waals surface area contributed by atoms with Crippen LogP contribution in [0, 0.1) is 0 Å². The van der Waals surface area contributed by atoms with Crippen molar-refractivity contribution in [2.24, 2.45) is 0 Å². The first kappa shape index (κ1) is 9.68. The summed E-state index contributed by atoms with van der Waals surface area (Å²) < 4.78 is 8.82. The Balaban J connectivity index is 4.48. The van der Waals surface area contributed by atoms with Crippen LogP contribution in [0.15, 0.2) is 11.8 Å². The van der Waals surface area contributed by atoms with Gasteiger partial charge in [0.1, 0.15) is 11.8 Å². The predicted octanol–water partition coefficient (Wildman–Crippen LogP) is 0.279. The van der Waals surface area contributed by atoms with Crippen molar-refractivity contribution in [2.45, 2.75) is 6.92 Å². The Hall–Kier alpha value is -1.32. The molecule has 0 unspecified atom stereocenters. The van der Waals surface area contributed by atoms with Crippen molar-refractivity contribution in [3.8, 4) is 0 Å². The first-order chi connectivity index (χ1) is 5.13. The highest BCUT2D eigenvalue weighted by molar-refractivity contribution is 6.16. The SMILES string of the molecule is COC=C(C(C)=O)C(=O)OC. The molecule has 0 amide bonds. The van der Waals surface area contributed by atoms with E-state index >= 15 is 0 Å². The number of hydrogen-bond acceptors (Lipinski definition) is 4. The van der Waals surface area contributed by atoms with Crippen molar-refractivity contribution in [3.63, 3.8) is 0 Å². The molecule has 0 fully saturated rings. The number of carbonyl (C=O) groups is 2. The van der Waals surface area contributed by atoms with Crippen LogP contribution < -0.4 is 0 Å². The molecule has 0 aliphatic carbocycles. The lowest BCUT2D eigenvalue weighted by Gasteiger charge is -1.99. The smallest absolute Gasteiger partial charge is 0.344 e. The number of Topliss-reactive ketones (excluding diaryl/α,β-unsaturated/α-hetero) is 1. The molecule has 62 valence electrons. The lowest BCUT2D eigenvalue weighted by Crippen LogP contribution is -2.11. The number of hydrogen-bond donors (Lipinski definition) is 0. The molecule has 0 rings (SSSR count). The van der Waals surface area contributed by atoms with Crippen molar-refractivity contribution >= 4 is 11.8 Å². The first-order valence-electron chi connectivity index (χ1n) is 2.95. The van der Waals surface area contributed by atoms with Crippen LogP contribution >= 0.6 is 0 Å². The Kier molecular flexibility index (Phi) is 3.95. The first-order valence-corrected chi connectivity index (χ1v) is 2.95. The maximum absolute atomic E-state index is 10.8. The van der Waals surface area contributed by atoms with Crippen LogP contribution in [0.5, 0.6) is 0 Å². The summed E-state index contributed by atoms with van der Waals surface area (Å²) in [6.07, 6.45) is 1.06. The van der Waals surface area contributed by atoms with Gasteiger partial charge in [-0.3, -0.25) is 4.79 Å². The molecule has 0 N–H and O–H groups in total. The van der Waals surface area contributed by atoms with E-state index in [1.807, 2.05) is 0 Å². The van der Waals surface area contributed by atoms with E-state index in [9.17, 15) is 9.59 Å². The molecule has 0 bridgehead atoms. The van der Waals surface area contributed by atoms with E-state index in [4.69, 9.17) is 0 Å². The third kappa shape index (κ3) is 2.84. The molecule has 0 aliphatic rings. The molecule has 0 saturated heterocycles. The van der Waals surface area contributed by atoms with Crippen LogP contribution in [-0.4, -0.2) is 26.0 Å². The summed E-state index contributed by atoms with van der Waals surface area (Å²) in [5, 5.41) is 0. The van der Waals surface area contributed by atoms with Crippen LogP contribution in [0.2, 0.25) is 0 Å². The zero-order valence-electron chi connectivity index (χ0n) is 6.71. The third-order valence-electron chi connectivity index (χ3n) is 1.02. The van der Waals surface area contributed by atoms with E-state index in [2.05, 4.69) is 9.47 Å². The molecule has 0 radical (unpaired) electrons. The van der Waals surface area contributed by atoms with Gasteiger partial charge in [0.25, 0.3) is 0 Å². The van der Waals surface area contributed by atoms with E-state index in [1.165, 1.54) is 21.1 Å². The molecule has 0 aliphatic heterocycles. The average molecular weight is 158 g/mol. The number of esters is 1. The summed E-state index contributed by atoms with van der Waals surface area (Å²) >= 11 is 0. The number of ether oxygens (including phenoxy) is 2. The Labute approximate surface area is 64.8 Å². The van der Waals surface area contributed by atoms with Crippen molar-refractivity contribution in [1.82, 2.24) is 0 Å². The van der Waals surface area contributed by atoms with Crippen LogP contribution in [0.3, 0.4) is 0 Å². The lowest BCUT2D eigenvalue weighted by molar-refractivity contribution is -0.137. The van der Waals surface area contributed by atoms with Crippen LogP contribution in [0.25, 0.3) is 0 Å². The van der Waals surface area contributed by atoms with Gasteiger partial charge in [-0.25, -0.2) is 4.79 Å². The normalized spacial score (nSPS) is 10.6. The zero-order chi connectivity index (χ0) is 8.85. The quantitative estimate of drug-likeness (QED) is 0.194. The third-order valence-corrected chi connectivity index (χ3v) is 1.02. The highest BCUT2D eigenvalue weighted by atomic mass is 16.5. The number of rotatable bonds is 3. The van der Waals surface area contributed by atoms with E-state index in [-0.39, 0.29) is 11.4 Å². The van der Waals surface area contributed by atoms with Gasteiger partial charge in [-0.05, 0) is 6.92 Å². The number of ketones is 1. The van der Waals surface area contributed by atoms with Crippen molar-refractivity contribution in [1.29, 1.82) is 0 Å². The van der Waals surface area contributed by atoms with Gasteiger partial charge in [0.15, 0.2) is 5.78 Å². The highest BCUT2D eigenvalue weighted by Crippen LogP contribution is 1.98. The Bertz CT molecular complexity index is 193. The molecule has 0 aromatic carbocycles. The van der Waals surface area contributed by atoms with Crippen molar-refractivity contribution in [3.05, 3.63) is 11.8 Å². The van der Waals surface area contributed by atoms with Gasteiger partial charge in [0.2, 0.25) is 0 Å². The van der Waals surface area contributed by atoms with Gasteiger partial charge in [0, 0.05) is 0 Å². The fourth-order valence-corrected chi connectivity index (χ4v) is 0.503. The van der Waals surface area contributed by atoms with Crippen molar-refractivity contribution in [2.75, 3.05) is 14.2 Å². The van der Waals surface area contributed by atoms with Crippen LogP contribution in [-0.2, 0) is 19.1 Å². The number of carbonyl (C=O) groups excluding carboxylic acids is 2. The second kappa shape index (κ2) is 4.49. The minimum Gasteiger partial charge on any atom is -0.503 e. The summed E-state index contributed by atoms with van der Waals surface area (Å²) in [7, 11) is 2.56. The monoisotopic (exact) mass is 158 g/mol. The average Bonchev–Trinajstić information content (AvgIpc) is 1.98. The molecular formula is C7H10O4. The molecule has 0 aromatic rings. The Morgan fingerprint density at radius 1 is 1.27 bits per heavy atom. The van der Waals surface area contributed by atoms with E-state index < -0.39 is 5.97 Å². The van der Waals surface area contributed by atoms with E-state index in [1.54, 1.807) is 0 Å². The maximum Gasteiger partial charge on any atom is 0.344 e. The minimum atomic E-state index is -0.681. The van der Waals surface area contributed by atoms with E-state index in [0.717, 1.165) is 6.26 Å². The minimum absolute atomic E-state index is 0.0880. The Morgan fingerprint density at radius 2 is 1.82 bits per heavy atom. The summed E-state index contributed by atoms with van der Waals surface area (Å²) in [4.78, 5) is 21.4. The fraction of sp³-hybridized carbons (Fsp3) is 0.429. The zero-order valence-corrected chi connectivity index (χ0v) is 6.71. The molecule has 0 heterocycles.